The Morgan fingerprint density at radius 3 is 3.36 bits per heavy atom. The number of H-pyrrole nitrogens is 1. The molecule has 5 heteroatoms. The SMILES string of the molecule is [N-]=[N+]=NCC=Cc1ccn[nH]1. The van der Waals surface area contributed by atoms with Gasteiger partial charge in [-0.25, -0.2) is 0 Å². The van der Waals surface area contributed by atoms with Crippen molar-refractivity contribution < 1.29 is 0 Å². The Hall–Kier alpha value is -1.74. The van der Waals surface area contributed by atoms with Crippen LogP contribution in [0, 0.1) is 0 Å². The van der Waals surface area contributed by atoms with Gasteiger partial charge in [-0.1, -0.05) is 11.2 Å². The van der Waals surface area contributed by atoms with Crippen molar-refractivity contribution in [1.82, 2.24) is 10.2 Å². The van der Waals surface area contributed by atoms with Gasteiger partial charge in [0.05, 0.1) is 5.69 Å². The Bertz CT molecular complexity index is 267. The Kier molecular flexibility index (Phi) is 2.77. The Balaban J connectivity index is 2.42. The average molecular weight is 149 g/mol. The van der Waals surface area contributed by atoms with E-state index < -0.39 is 0 Å². The molecule has 0 unspecified atom stereocenters. The van der Waals surface area contributed by atoms with Crippen LogP contribution >= 0.6 is 0 Å². The summed E-state index contributed by atoms with van der Waals surface area (Å²) in [6.07, 6.45) is 5.22. The molecule has 0 fully saturated rings. The smallest absolute Gasteiger partial charge is 0.0574 e. The first-order valence-electron chi connectivity index (χ1n) is 3.10. The number of aromatic amines is 1. The van der Waals surface area contributed by atoms with Gasteiger partial charge in [0.1, 0.15) is 0 Å². The van der Waals surface area contributed by atoms with Crippen molar-refractivity contribution in [3.8, 4) is 0 Å². The summed E-state index contributed by atoms with van der Waals surface area (Å²) < 4.78 is 0. The normalized spacial score (nSPS) is 9.82. The molecular formula is C6H7N5. The number of azide groups is 1. The van der Waals surface area contributed by atoms with Crippen LogP contribution in [0.25, 0.3) is 16.5 Å². The zero-order valence-corrected chi connectivity index (χ0v) is 5.81. The molecule has 0 saturated carbocycles. The van der Waals surface area contributed by atoms with Crippen LogP contribution in [0.15, 0.2) is 23.5 Å². The molecule has 0 bridgehead atoms. The average Bonchev–Trinajstić information content (AvgIpc) is 2.50. The first kappa shape index (κ1) is 7.37. The first-order valence-corrected chi connectivity index (χ1v) is 3.10. The topological polar surface area (TPSA) is 77.4 Å². The van der Waals surface area contributed by atoms with Gasteiger partial charge in [-0.3, -0.25) is 5.10 Å². The van der Waals surface area contributed by atoms with Gasteiger partial charge in [-0.05, 0) is 17.7 Å². The first-order chi connectivity index (χ1) is 5.43. The van der Waals surface area contributed by atoms with Crippen LogP contribution < -0.4 is 0 Å². The molecule has 56 valence electrons. The van der Waals surface area contributed by atoms with Gasteiger partial charge < -0.3 is 0 Å². The van der Waals surface area contributed by atoms with Crippen molar-refractivity contribution in [1.29, 1.82) is 0 Å². The van der Waals surface area contributed by atoms with E-state index in [0.29, 0.717) is 6.54 Å². The van der Waals surface area contributed by atoms with Gasteiger partial charge in [-0.2, -0.15) is 5.10 Å². The zero-order chi connectivity index (χ0) is 7.94. The molecule has 5 nitrogen and oxygen atoms in total. The number of aromatic nitrogens is 2. The number of nitrogens with zero attached hydrogens (tertiary/aromatic N) is 4. The summed E-state index contributed by atoms with van der Waals surface area (Å²) in [5.74, 6) is 0. The van der Waals surface area contributed by atoms with Crippen molar-refractivity contribution >= 4 is 6.08 Å². The standard InChI is InChI=1S/C6H7N5/c7-11-9-4-1-2-6-3-5-8-10-6/h1-3,5H,4H2,(H,8,10). The quantitative estimate of drug-likeness (QED) is 0.396. The molecule has 11 heavy (non-hydrogen) atoms. The fraction of sp³-hybridized carbons (Fsp3) is 0.167. The maximum Gasteiger partial charge on any atom is 0.0574 e. The van der Waals surface area contributed by atoms with E-state index in [2.05, 4.69) is 20.2 Å². The fourth-order valence-corrected chi connectivity index (χ4v) is 0.623. The molecule has 1 aromatic heterocycles. The Morgan fingerprint density at radius 1 is 1.82 bits per heavy atom. The summed E-state index contributed by atoms with van der Waals surface area (Å²) in [4.78, 5) is 2.60. The van der Waals surface area contributed by atoms with Gasteiger partial charge in [0.25, 0.3) is 0 Å². The minimum atomic E-state index is 0.371. The molecule has 1 heterocycles. The van der Waals surface area contributed by atoms with Crippen LogP contribution in [0.4, 0.5) is 0 Å². The van der Waals surface area contributed by atoms with Crippen LogP contribution in [0.2, 0.25) is 0 Å². The van der Waals surface area contributed by atoms with E-state index in [1.807, 2.05) is 12.1 Å². The molecule has 0 aliphatic carbocycles. The predicted octanol–water partition coefficient (Wildman–Crippen LogP) is 1.73. The molecule has 0 aliphatic heterocycles. The molecule has 1 aromatic rings. The van der Waals surface area contributed by atoms with E-state index in [0.717, 1.165) is 5.69 Å². The summed E-state index contributed by atoms with van der Waals surface area (Å²) in [5.41, 5.74) is 8.83. The molecule has 0 saturated heterocycles. The second-order valence-corrected chi connectivity index (χ2v) is 1.83. The number of hydrogen-bond donors (Lipinski definition) is 1. The van der Waals surface area contributed by atoms with E-state index in [9.17, 15) is 0 Å². The van der Waals surface area contributed by atoms with E-state index in [4.69, 9.17) is 5.53 Å². The molecule has 1 rings (SSSR count). The maximum atomic E-state index is 7.93. The third-order valence-corrected chi connectivity index (χ3v) is 1.07. The Morgan fingerprint density at radius 2 is 2.73 bits per heavy atom. The van der Waals surface area contributed by atoms with Gasteiger partial charge in [-0.15, -0.1) is 0 Å². The van der Waals surface area contributed by atoms with E-state index >= 15 is 0 Å². The largest absolute Gasteiger partial charge is 0.278 e. The van der Waals surface area contributed by atoms with Crippen LogP contribution in [-0.4, -0.2) is 16.7 Å². The minimum Gasteiger partial charge on any atom is -0.278 e. The zero-order valence-electron chi connectivity index (χ0n) is 5.81. The molecule has 0 radical (unpaired) electrons. The lowest BCUT2D eigenvalue weighted by Gasteiger charge is -1.80. The van der Waals surface area contributed by atoms with E-state index in [1.54, 1.807) is 12.3 Å². The van der Waals surface area contributed by atoms with Gasteiger partial charge >= 0.3 is 0 Å². The fourth-order valence-electron chi connectivity index (χ4n) is 0.623. The maximum absolute atomic E-state index is 7.93. The van der Waals surface area contributed by atoms with E-state index in [1.165, 1.54) is 0 Å². The van der Waals surface area contributed by atoms with Crippen molar-refractivity contribution in [2.24, 2.45) is 5.11 Å². The highest BCUT2D eigenvalue weighted by Crippen LogP contribution is 1.93. The molecule has 0 aliphatic rings. The lowest BCUT2D eigenvalue weighted by Crippen LogP contribution is -1.72. The Labute approximate surface area is 63.4 Å². The van der Waals surface area contributed by atoms with Gasteiger partial charge in [0, 0.05) is 17.7 Å². The van der Waals surface area contributed by atoms with Crippen LogP contribution in [0.3, 0.4) is 0 Å². The van der Waals surface area contributed by atoms with Crippen LogP contribution in [0.5, 0.6) is 0 Å². The third kappa shape index (κ3) is 2.55. The molecular weight excluding hydrogens is 142 g/mol. The lowest BCUT2D eigenvalue weighted by atomic mass is 10.4. The molecule has 0 aromatic carbocycles. The summed E-state index contributed by atoms with van der Waals surface area (Å²) in [7, 11) is 0. The second kappa shape index (κ2) is 4.14. The van der Waals surface area contributed by atoms with Crippen LogP contribution in [0.1, 0.15) is 5.69 Å². The van der Waals surface area contributed by atoms with Gasteiger partial charge in [0.2, 0.25) is 0 Å². The third-order valence-electron chi connectivity index (χ3n) is 1.07. The number of hydrogen-bond acceptors (Lipinski definition) is 2. The monoisotopic (exact) mass is 149 g/mol. The predicted molar refractivity (Wildman–Crippen MR) is 41.6 cm³/mol. The second-order valence-electron chi connectivity index (χ2n) is 1.83. The number of rotatable bonds is 3. The van der Waals surface area contributed by atoms with Crippen molar-refractivity contribution in [3.05, 3.63) is 34.5 Å². The summed E-state index contributed by atoms with van der Waals surface area (Å²) in [6.45, 7) is 0.371. The highest BCUT2D eigenvalue weighted by Gasteiger charge is 1.82. The molecule has 0 amide bonds. The molecule has 0 atom stereocenters. The number of nitrogens with one attached hydrogen (secondary N) is 1. The van der Waals surface area contributed by atoms with Gasteiger partial charge in [0.15, 0.2) is 0 Å². The van der Waals surface area contributed by atoms with Crippen molar-refractivity contribution in [3.63, 3.8) is 0 Å². The highest BCUT2D eigenvalue weighted by atomic mass is 15.1. The van der Waals surface area contributed by atoms with Crippen molar-refractivity contribution in [2.45, 2.75) is 0 Å². The highest BCUT2D eigenvalue weighted by molar-refractivity contribution is 5.43. The summed E-state index contributed by atoms with van der Waals surface area (Å²) >= 11 is 0. The minimum absolute atomic E-state index is 0.371. The van der Waals surface area contributed by atoms with Crippen molar-refractivity contribution in [2.75, 3.05) is 6.54 Å². The molecule has 0 spiro atoms. The van der Waals surface area contributed by atoms with E-state index in [-0.39, 0.29) is 0 Å². The molecule has 1 N–H and O–H groups in total. The summed E-state index contributed by atoms with van der Waals surface area (Å²) in [5, 5.41) is 9.81. The summed E-state index contributed by atoms with van der Waals surface area (Å²) in [6, 6.07) is 1.83. The lowest BCUT2D eigenvalue weighted by molar-refractivity contribution is 1.08. The van der Waals surface area contributed by atoms with Crippen LogP contribution in [-0.2, 0) is 0 Å².